The third kappa shape index (κ3) is 3.17. The summed E-state index contributed by atoms with van der Waals surface area (Å²) in [6.45, 7) is 7.01. The fourth-order valence-electron chi connectivity index (χ4n) is 6.18. The van der Waals surface area contributed by atoms with Crippen LogP contribution in [-0.4, -0.2) is 56.1 Å². The van der Waals surface area contributed by atoms with Gasteiger partial charge in [-0.15, -0.1) is 5.10 Å². The number of fused-ring (bicyclic) bond motifs is 2. The van der Waals surface area contributed by atoms with Gasteiger partial charge in [0.2, 0.25) is 11.1 Å². The van der Waals surface area contributed by atoms with Crippen molar-refractivity contribution in [1.82, 2.24) is 24.4 Å². The fraction of sp³-hybridized carbons (Fsp3) is 0.652. The number of nitrogens with one attached hydrogen (secondary N) is 2. The molecule has 0 saturated carbocycles. The van der Waals surface area contributed by atoms with E-state index in [9.17, 15) is 0 Å². The highest BCUT2D eigenvalue weighted by Crippen LogP contribution is 2.42. The summed E-state index contributed by atoms with van der Waals surface area (Å²) in [6.07, 6.45) is 11.3. The molecule has 0 atom stereocenters. The average molecular weight is 425 g/mol. The molecule has 2 N–H and O–H groups in total. The van der Waals surface area contributed by atoms with Crippen molar-refractivity contribution >= 4 is 23.6 Å². The molecule has 30 heavy (non-hydrogen) atoms. The molecule has 7 heteroatoms. The monoisotopic (exact) mass is 424 g/mol. The Morgan fingerprint density at radius 1 is 1.03 bits per heavy atom. The average Bonchev–Trinajstić information content (AvgIpc) is 3.49. The molecule has 1 aromatic carbocycles. The molecule has 2 fully saturated rings. The third-order valence-corrected chi connectivity index (χ3v) is 8.91. The second-order valence-corrected chi connectivity index (χ2v) is 10.5. The number of hydrogen-bond acceptors (Lipinski definition) is 6. The first-order valence-corrected chi connectivity index (χ1v) is 12.6. The molecule has 160 valence electrons. The number of H-pyrrole nitrogens is 1. The van der Waals surface area contributed by atoms with Crippen molar-refractivity contribution in [2.24, 2.45) is 0 Å². The second kappa shape index (κ2) is 7.53. The Balaban J connectivity index is 1.13. The summed E-state index contributed by atoms with van der Waals surface area (Å²) in [6, 6.07) is 2.47. The van der Waals surface area contributed by atoms with E-state index >= 15 is 0 Å². The molecule has 2 saturated heterocycles. The van der Waals surface area contributed by atoms with E-state index in [-0.39, 0.29) is 0 Å². The lowest BCUT2D eigenvalue weighted by molar-refractivity contribution is -0.0424. The molecule has 0 amide bonds. The molecule has 6 nitrogen and oxygen atoms in total. The van der Waals surface area contributed by atoms with Crippen molar-refractivity contribution in [1.29, 1.82) is 0 Å². The Morgan fingerprint density at radius 3 is 2.37 bits per heavy atom. The predicted molar refractivity (Wildman–Crippen MR) is 121 cm³/mol. The summed E-state index contributed by atoms with van der Waals surface area (Å²) in [4.78, 5) is 7.45. The van der Waals surface area contributed by atoms with Crippen LogP contribution in [0.1, 0.15) is 61.3 Å². The van der Waals surface area contributed by atoms with Crippen LogP contribution in [0.5, 0.6) is 0 Å². The highest BCUT2D eigenvalue weighted by molar-refractivity contribution is 7.96. The molecular formula is C23H32N6S. The first-order chi connectivity index (χ1) is 14.7. The molecule has 2 aromatic rings. The predicted octanol–water partition coefficient (Wildman–Crippen LogP) is 4.09. The van der Waals surface area contributed by atoms with Crippen LogP contribution in [0.15, 0.2) is 11.2 Å². The fourth-order valence-corrected chi connectivity index (χ4v) is 7.00. The van der Waals surface area contributed by atoms with E-state index in [2.05, 4.69) is 37.7 Å². The van der Waals surface area contributed by atoms with E-state index < -0.39 is 0 Å². The quantitative estimate of drug-likeness (QED) is 0.705. The Kier molecular flexibility index (Phi) is 4.81. The Morgan fingerprint density at radius 2 is 1.73 bits per heavy atom. The zero-order chi connectivity index (χ0) is 20.1. The first kappa shape index (κ1) is 19.1. The molecule has 4 aliphatic rings. The van der Waals surface area contributed by atoms with E-state index in [1.54, 1.807) is 23.1 Å². The van der Waals surface area contributed by atoms with Crippen molar-refractivity contribution in [3.05, 3.63) is 28.3 Å². The number of aromatic amines is 1. The molecule has 2 aliphatic carbocycles. The van der Waals surface area contributed by atoms with E-state index in [1.165, 1.54) is 87.7 Å². The number of aromatic nitrogens is 3. The van der Waals surface area contributed by atoms with Gasteiger partial charge >= 0.3 is 0 Å². The van der Waals surface area contributed by atoms with Crippen LogP contribution < -0.4 is 5.32 Å². The normalized spacial score (nSPS) is 22.8. The lowest BCUT2D eigenvalue weighted by atomic mass is 9.77. The van der Waals surface area contributed by atoms with Gasteiger partial charge in [0.15, 0.2) is 0 Å². The Labute approximate surface area is 183 Å². The summed E-state index contributed by atoms with van der Waals surface area (Å²) < 4.78 is 2.45. The van der Waals surface area contributed by atoms with Gasteiger partial charge in [0.25, 0.3) is 0 Å². The van der Waals surface area contributed by atoms with Gasteiger partial charge in [-0.2, -0.15) is 4.98 Å². The van der Waals surface area contributed by atoms with E-state index in [4.69, 9.17) is 4.98 Å². The minimum absolute atomic E-state index is 0.492. The summed E-state index contributed by atoms with van der Waals surface area (Å²) in [7, 11) is 0. The van der Waals surface area contributed by atoms with Crippen LogP contribution in [0, 0.1) is 0 Å². The van der Waals surface area contributed by atoms with Crippen LogP contribution >= 0.6 is 11.9 Å². The summed E-state index contributed by atoms with van der Waals surface area (Å²) in [5.74, 6) is 0.788. The SMILES string of the molecule is CCN1CCC12CCN(Sc1n[nH]c(Nc3c4c(cc5c3CCC5)CCC4)n1)CC2. The number of piperidine rings is 1. The highest BCUT2D eigenvalue weighted by atomic mass is 32.2. The Hall–Kier alpha value is -1.57. The van der Waals surface area contributed by atoms with Crippen molar-refractivity contribution in [2.75, 3.05) is 31.5 Å². The third-order valence-electron chi connectivity index (χ3n) is 7.94. The van der Waals surface area contributed by atoms with Crippen LogP contribution in [-0.2, 0) is 25.7 Å². The molecule has 0 bridgehead atoms. The lowest BCUT2D eigenvalue weighted by Gasteiger charge is -2.56. The maximum atomic E-state index is 4.79. The summed E-state index contributed by atoms with van der Waals surface area (Å²) in [5, 5.41) is 12.1. The van der Waals surface area contributed by atoms with Crippen molar-refractivity contribution in [2.45, 2.75) is 75.4 Å². The molecule has 1 spiro atoms. The van der Waals surface area contributed by atoms with Crippen LogP contribution in [0.2, 0.25) is 0 Å². The van der Waals surface area contributed by atoms with Crippen molar-refractivity contribution < 1.29 is 0 Å². The van der Waals surface area contributed by atoms with Crippen LogP contribution in [0.3, 0.4) is 0 Å². The molecule has 3 heterocycles. The maximum absolute atomic E-state index is 4.79. The molecular weight excluding hydrogens is 392 g/mol. The minimum atomic E-state index is 0.492. The van der Waals surface area contributed by atoms with Crippen molar-refractivity contribution in [3.63, 3.8) is 0 Å². The number of benzene rings is 1. The Bertz CT molecular complexity index is 911. The number of aryl methyl sites for hydroxylation is 2. The van der Waals surface area contributed by atoms with Crippen LogP contribution in [0.25, 0.3) is 0 Å². The number of nitrogens with zero attached hydrogens (tertiary/aromatic N) is 4. The van der Waals surface area contributed by atoms with Gasteiger partial charge in [0.05, 0.1) is 0 Å². The maximum Gasteiger partial charge on any atom is 0.225 e. The highest BCUT2D eigenvalue weighted by Gasteiger charge is 2.45. The topological polar surface area (TPSA) is 60.1 Å². The first-order valence-electron chi connectivity index (χ1n) is 11.8. The molecule has 0 unspecified atom stereocenters. The molecule has 0 radical (unpaired) electrons. The van der Waals surface area contributed by atoms with Gasteiger partial charge in [-0.1, -0.05) is 13.0 Å². The van der Waals surface area contributed by atoms with Gasteiger partial charge in [0, 0.05) is 42.8 Å². The summed E-state index contributed by atoms with van der Waals surface area (Å²) in [5.41, 5.74) is 7.95. The minimum Gasteiger partial charge on any atom is -0.324 e. The largest absolute Gasteiger partial charge is 0.324 e. The van der Waals surface area contributed by atoms with Gasteiger partial charge in [-0.3, -0.25) is 4.90 Å². The van der Waals surface area contributed by atoms with Gasteiger partial charge < -0.3 is 5.32 Å². The smallest absolute Gasteiger partial charge is 0.225 e. The van der Waals surface area contributed by atoms with Gasteiger partial charge in [0.1, 0.15) is 0 Å². The molecule has 2 aliphatic heterocycles. The molecule has 6 rings (SSSR count). The van der Waals surface area contributed by atoms with Crippen molar-refractivity contribution in [3.8, 4) is 0 Å². The zero-order valence-corrected chi connectivity index (χ0v) is 18.8. The number of rotatable bonds is 5. The zero-order valence-electron chi connectivity index (χ0n) is 18.0. The van der Waals surface area contributed by atoms with Gasteiger partial charge in [-0.25, -0.2) is 9.40 Å². The van der Waals surface area contributed by atoms with E-state index in [0.717, 1.165) is 24.2 Å². The lowest BCUT2D eigenvalue weighted by Crippen LogP contribution is -2.63. The number of hydrogen-bond donors (Lipinski definition) is 2. The van der Waals surface area contributed by atoms with E-state index in [0.29, 0.717) is 5.54 Å². The summed E-state index contributed by atoms with van der Waals surface area (Å²) >= 11 is 1.71. The number of likely N-dealkylation sites (tertiary alicyclic amines) is 1. The second-order valence-electron chi connectivity index (χ2n) is 9.40. The standard InChI is InChI=1S/C23H32N6S/c1-2-28-12-9-23(28)10-13-29(14-11-23)30-22-25-21(26-27-22)24-20-18-7-3-5-16(18)15-17-6-4-8-19(17)20/h15H,2-14H2,1H3,(H2,24,25,26,27). The van der Waals surface area contributed by atoms with E-state index in [1.807, 2.05) is 0 Å². The molecule has 1 aromatic heterocycles. The van der Waals surface area contributed by atoms with Gasteiger partial charge in [-0.05, 0) is 86.6 Å². The number of anilines is 2. The van der Waals surface area contributed by atoms with Crippen LogP contribution in [0.4, 0.5) is 11.6 Å².